The van der Waals surface area contributed by atoms with Crippen LogP contribution in [0.15, 0.2) is 35.7 Å². The molecule has 1 amide bonds. The Hall–Kier alpha value is -1.66. The average Bonchev–Trinajstić information content (AvgIpc) is 2.99. The SMILES string of the molecule is O=C1CCSC(c2cccs2)N1Cc1ccc(O)c(O)c1. The van der Waals surface area contributed by atoms with Gasteiger partial charge in [0, 0.05) is 23.6 Å². The molecule has 1 aromatic carbocycles. The molecule has 2 heterocycles. The van der Waals surface area contributed by atoms with Crippen molar-refractivity contribution >= 4 is 29.0 Å². The van der Waals surface area contributed by atoms with Gasteiger partial charge in [-0.2, -0.15) is 0 Å². The van der Waals surface area contributed by atoms with Crippen LogP contribution >= 0.6 is 23.1 Å². The monoisotopic (exact) mass is 321 g/mol. The molecular weight excluding hydrogens is 306 g/mol. The van der Waals surface area contributed by atoms with Crippen LogP contribution in [0.4, 0.5) is 0 Å². The van der Waals surface area contributed by atoms with Crippen LogP contribution in [-0.4, -0.2) is 26.8 Å². The Bertz CT molecular complexity index is 642. The van der Waals surface area contributed by atoms with E-state index in [9.17, 15) is 15.0 Å². The Morgan fingerprint density at radius 1 is 1.24 bits per heavy atom. The van der Waals surface area contributed by atoms with Gasteiger partial charge in [0.25, 0.3) is 0 Å². The van der Waals surface area contributed by atoms with Gasteiger partial charge >= 0.3 is 0 Å². The van der Waals surface area contributed by atoms with E-state index in [1.165, 1.54) is 12.1 Å². The van der Waals surface area contributed by atoms with Gasteiger partial charge in [0.15, 0.2) is 11.5 Å². The molecule has 4 nitrogen and oxygen atoms in total. The third kappa shape index (κ3) is 3.01. The highest BCUT2D eigenvalue weighted by atomic mass is 32.2. The summed E-state index contributed by atoms with van der Waals surface area (Å²) in [5.74, 6) is 0.656. The van der Waals surface area contributed by atoms with E-state index in [-0.39, 0.29) is 22.8 Å². The maximum atomic E-state index is 12.3. The Labute approximate surface area is 131 Å². The lowest BCUT2D eigenvalue weighted by atomic mass is 10.1. The summed E-state index contributed by atoms with van der Waals surface area (Å²) in [6.45, 7) is 0.433. The largest absolute Gasteiger partial charge is 0.504 e. The van der Waals surface area contributed by atoms with Crippen LogP contribution in [-0.2, 0) is 11.3 Å². The van der Waals surface area contributed by atoms with Crippen molar-refractivity contribution in [1.82, 2.24) is 4.90 Å². The fourth-order valence-corrected chi connectivity index (χ4v) is 4.54. The van der Waals surface area contributed by atoms with E-state index in [2.05, 4.69) is 0 Å². The second-order valence-electron chi connectivity index (χ2n) is 4.83. The average molecular weight is 321 g/mol. The minimum absolute atomic E-state index is 0.0298. The van der Waals surface area contributed by atoms with Gasteiger partial charge < -0.3 is 15.1 Å². The van der Waals surface area contributed by atoms with E-state index >= 15 is 0 Å². The van der Waals surface area contributed by atoms with Crippen molar-refractivity contribution in [3.05, 3.63) is 46.2 Å². The molecule has 1 aliphatic heterocycles. The number of hydrogen-bond donors (Lipinski definition) is 2. The number of nitrogens with zero attached hydrogens (tertiary/aromatic N) is 1. The number of phenolic OH excluding ortho intramolecular Hbond substituents is 2. The highest BCUT2D eigenvalue weighted by molar-refractivity contribution is 7.99. The number of aromatic hydroxyl groups is 2. The van der Waals surface area contributed by atoms with Gasteiger partial charge in [-0.25, -0.2) is 0 Å². The van der Waals surface area contributed by atoms with E-state index in [0.29, 0.717) is 13.0 Å². The highest BCUT2D eigenvalue weighted by Crippen LogP contribution is 2.40. The molecule has 0 spiro atoms. The summed E-state index contributed by atoms with van der Waals surface area (Å²) in [4.78, 5) is 15.3. The summed E-state index contributed by atoms with van der Waals surface area (Å²) in [5, 5.41) is 21.0. The maximum Gasteiger partial charge on any atom is 0.224 e. The van der Waals surface area contributed by atoms with Crippen LogP contribution in [0.25, 0.3) is 0 Å². The number of amides is 1. The molecular formula is C15H15NO3S2. The molecule has 6 heteroatoms. The first-order valence-electron chi connectivity index (χ1n) is 6.60. The number of rotatable bonds is 3. The van der Waals surface area contributed by atoms with E-state index in [1.807, 2.05) is 22.4 Å². The maximum absolute atomic E-state index is 12.3. The molecule has 110 valence electrons. The third-order valence-corrected chi connectivity index (χ3v) is 5.71. The summed E-state index contributed by atoms with van der Waals surface area (Å²) in [6.07, 6.45) is 0.538. The molecule has 3 rings (SSSR count). The molecule has 2 N–H and O–H groups in total. The van der Waals surface area contributed by atoms with Gasteiger partial charge in [0.2, 0.25) is 5.91 Å². The Kier molecular flexibility index (Phi) is 4.07. The zero-order chi connectivity index (χ0) is 14.8. The van der Waals surface area contributed by atoms with Crippen molar-refractivity contribution in [2.24, 2.45) is 0 Å². The summed E-state index contributed by atoms with van der Waals surface area (Å²) in [6, 6.07) is 8.72. The minimum atomic E-state index is -0.155. The lowest BCUT2D eigenvalue weighted by Crippen LogP contribution is -2.36. The zero-order valence-electron chi connectivity index (χ0n) is 11.2. The zero-order valence-corrected chi connectivity index (χ0v) is 12.9. The van der Waals surface area contributed by atoms with Crippen molar-refractivity contribution in [2.75, 3.05) is 5.75 Å². The number of hydrogen-bond acceptors (Lipinski definition) is 5. The van der Waals surface area contributed by atoms with Crippen LogP contribution in [0.3, 0.4) is 0 Å². The topological polar surface area (TPSA) is 60.8 Å². The fourth-order valence-electron chi connectivity index (χ4n) is 2.32. The number of thiophene rings is 1. The molecule has 2 aromatic rings. The van der Waals surface area contributed by atoms with Crippen LogP contribution in [0, 0.1) is 0 Å². The van der Waals surface area contributed by atoms with Crippen LogP contribution in [0.2, 0.25) is 0 Å². The van der Waals surface area contributed by atoms with Crippen molar-refractivity contribution in [1.29, 1.82) is 0 Å². The standard InChI is InChI=1S/C15H15NO3S2/c17-11-4-3-10(8-12(11)18)9-16-14(19)5-7-21-15(16)13-2-1-6-20-13/h1-4,6,8,15,17-18H,5,7,9H2. The predicted octanol–water partition coefficient (Wildman–Crippen LogP) is 3.32. The van der Waals surface area contributed by atoms with Gasteiger partial charge in [-0.15, -0.1) is 23.1 Å². The molecule has 1 atom stereocenters. The first kappa shape index (κ1) is 14.3. The molecule has 0 bridgehead atoms. The Morgan fingerprint density at radius 3 is 2.81 bits per heavy atom. The van der Waals surface area contributed by atoms with Crippen molar-refractivity contribution in [3.8, 4) is 11.5 Å². The van der Waals surface area contributed by atoms with Crippen molar-refractivity contribution in [3.63, 3.8) is 0 Å². The molecule has 1 saturated heterocycles. The highest BCUT2D eigenvalue weighted by Gasteiger charge is 2.30. The van der Waals surface area contributed by atoms with Gasteiger partial charge in [-0.05, 0) is 29.1 Å². The molecule has 21 heavy (non-hydrogen) atoms. The quantitative estimate of drug-likeness (QED) is 0.851. The second-order valence-corrected chi connectivity index (χ2v) is 7.00. The molecule has 1 aromatic heterocycles. The minimum Gasteiger partial charge on any atom is -0.504 e. The number of thioether (sulfide) groups is 1. The number of benzene rings is 1. The van der Waals surface area contributed by atoms with Gasteiger partial charge in [-0.1, -0.05) is 12.1 Å². The smallest absolute Gasteiger partial charge is 0.224 e. The molecule has 0 aliphatic carbocycles. The van der Waals surface area contributed by atoms with Crippen LogP contribution < -0.4 is 0 Å². The number of carbonyl (C=O) groups excluding carboxylic acids is 1. The second kappa shape index (κ2) is 5.99. The lowest BCUT2D eigenvalue weighted by Gasteiger charge is -2.34. The fraction of sp³-hybridized carbons (Fsp3) is 0.267. The molecule has 1 unspecified atom stereocenters. The normalized spacial score (nSPS) is 19.0. The van der Waals surface area contributed by atoms with Crippen LogP contribution in [0.1, 0.15) is 22.2 Å². The lowest BCUT2D eigenvalue weighted by molar-refractivity contribution is -0.132. The first-order valence-corrected chi connectivity index (χ1v) is 8.53. The van der Waals surface area contributed by atoms with E-state index in [1.54, 1.807) is 29.2 Å². The first-order chi connectivity index (χ1) is 10.1. The number of phenols is 2. The summed E-state index contributed by atoms with van der Waals surface area (Å²) in [7, 11) is 0. The predicted molar refractivity (Wildman–Crippen MR) is 84.5 cm³/mol. The number of carbonyl (C=O) groups is 1. The van der Waals surface area contributed by atoms with Crippen LogP contribution in [0.5, 0.6) is 11.5 Å². The Morgan fingerprint density at radius 2 is 2.10 bits per heavy atom. The third-order valence-electron chi connectivity index (χ3n) is 3.37. The summed E-state index contributed by atoms with van der Waals surface area (Å²) < 4.78 is 0. The van der Waals surface area contributed by atoms with Crippen molar-refractivity contribution < 1.29 is 15.0 Å². The molecule has 1 aliphatic rings. The molecule has 1 fully saturated rings. The van der Waals surface area contributed by atoms with Crippen molar-refractivity contribution in [2.45, 2.75) is 18.3 Å². The van der Waals surface area contributed by atoms with E-state index in [4.69, 9.17) is 0 Å². The van der Waals surface area contributed by atoms with Gasteiger partial charge in [-0.3, -0.25) is 4.79 Å². The van der Waals surface area contributed by atoms with E-state index in [0.717, 1.165) is 16.2 Å². The summed E-state index contributed by atoms with van der Waals surface area (Å²) in [5.41, 5.74) is 0.808. The molecule has 0 radical (unpaired) electrons. The summed E-state index contributed by atoms with van der Waals surface area (Å²) >= 11 is 3.41. The Balaban J connectivity index is 1.85. The van der Waals surface area contributed by atoms with E-state index < -0.39 is 0 Å². The van der Waals surface area contributed by atoms with Gasteiger partial charge in [0.1, 0.15) is 5.37 Å². The molecule has 0 saturated carbocycles. The van der Waals surface area contributed by atoms with Gasteiger partial charge in [0.05, 0.1) is 0 Å².